The molecule has 98 valence electrons. The van der Waals surface area contributed by atoms with Crippen LogP contribution >= 0.6 is 0 Å². The van der Waals surface area contributed by atoms with Crippen molar-refractivity contribution in [3.05, 3.63) is 29.8 Å². The fraction of sp³-hybridized carbons (Fsp3) is 0.462. The Bertz CT molecular complexity index is 478. The lowest BCUT2D eigenvalue weighted by Crippen LogP contribution is -2.62. The number of carbonyl (C=O) groups excluding carboxylic acids is 1. The second kappa shape index (κ2) is 4.65. The number of hydrogen-bond acceptors (Lipinski definition) is 2. The largest absolute Gasteiger partial charge is 0.381 e. The molecule has 5 heteroatoms. The Labute approximate surface area is 104 Å². The smallest absolute Gasteiger partial charge is 0.237 e. The molecule has 1 aliphatic heterocycles. The monoisotopic (exact) mass is 255 g/mol. The maximum absolute atomic E-state index is 13.5. The lowest BCUT2D eigenvalue weighted by atomic mass is 9.81. The summed E-state index contributed by atoms with van der Waals surface area (Å²) < 4.78 is 31.6. The molecule has 0 N–H and O–H groups in total. The molecule has 1 heterocycles. The van der Waals surface area contributed by atoms with Crippen LogP contribution in [0.15, 0.2) is 18.2 Å². The highest BCUT2D eigenvalue weighted by atomic mass is 19.1. The van der Waals surface area contributed by atoms with Gasteiger partial charge in [0.05, 0.1) is 17.7 Å². The molecule has 0 saturated carbocycles. The highest BCUT2D eigenvalue weighted by Crippen LogP contribution is 2.37. The van der Waals surface area contributed by atoms with Gasteiger partial charge in [0.1, 0.15) is 11.6 Å². The molecule has 0 bridgehead atoms. The zero-order chi connectivity index (χ0) is 13.3. The van der Waals surface area contributed by atoms with Crippen molar-refractivity contribution in [1.29, 1.82) is 0 Å². The molecule has 0 radical (unpaired) electrons. The van der Waals surface area contributed by atoms with Crippen LogP contribution < -0.4 is 4.90 Å². The summed E-state index contributed by atoms with van der Waals surface area (Å²) >= 11 is 0. The van der Waals surface area contributed by atoms with Crippen molar-refractivity contribution in [2.24, 2.45) is 5.41 Å². The first-order chi connectivity index (χ1) is 8.48. The van der Waals surface area contributed by atoms with E-state index in [1.807, 2.05) is 6.92 Å². The highest BCUT2D eigenvalue weighted by Gasteiger charge is 2.49. The summed E-state index contributed by atoms with van der Waals surface area (Å²) in [6.07, 6.45) is 0. The third-order valence-electron chi connectivity index (χ3n) is 3.09. The van der Waals surface area contributed by atoms with Crippen molar-refractivity contribution < 1.29 is 18.3 Å². The van der Waals surface area contributed by atoms with Gasteiger partial charge in [-0.15, -0.1) is 0 Å². The fourth-order valence-electron chi connectivity index (χ4n) is 2.05. The van der Waals surface area contributed by atoms with Crippen molar-refractivity contribution >= 4 is 11.6 Å². The maximum atomic E-state index is 13.5. The van der Waals surface area contributed by atoms with Crippen LogP contribution in [0.1, 0.15) is 13.8 Å². The maximum Gasteiger partial charge on any atom is 0.237 e. The van der Waals surface area contributed by atoms with Gasteiger partial charge >= 0.3 is 0 Å². The first-order valence-corrected chi connectivity index (χ1v) is 5.83. The molecule has 2 rings (SSSR count). The lowest BCUT2D eigenvalue weighted by molar-refractivity contribution is -0.138. The molecule has 1 fully saturated rings. The van der Waals surface area contributed by atoms with E-state index in [9.17, 15) is 13.6 Å². The Morgan fingerprint density at radius 1 is 1.44 bits per heavy atom. The molecule has 1 unspecified atom stereocenters. The molecule has 1 amide bonds. The van der Waals surface area contributed by atoms with Gasteiger partial charge in [-0.1, -0.05) is 0 Å². The van der Waals surface area contributed by atoms with Crippen molar-refractivity contribution in [3.8, 4) is 0 Å². The topological polar surface area (TPSA) is 29.5 Å². The van der Waals surface area contributed by atoms with Crippen LogP contribution in [-0.4, -0.2) is 25.7 Å². The van der Waals surface area contributed by atoms with Crippen LogP contribution in [0.3, 0.4) is 0 Å². The van der Waals surface area contributed by atoms with Gasteiger partial charge in [-0.05, 0) is 26.0 Å². The quantitative estimate of drug-likeness (QED) is 0.773. The summed E-state index contributed by atoms with van der Waals surface area (Å²) in [5, 5.41) is 0. The Morgan fingerprint density at radius 2 is 2.17 bits per heavy atom. The van der Waals surface area contributed by atoms with Gasteiger partial charge in [-0.25, -0.2) is 8.78 Å². The molecule has 18 heavy (non-hydrogen) atoms. The van der Waals surface area contributed by atoms with Gasteiger partial charge in [0, 0.05) is 19.2 Å². The van der Waals surface area contributed by atoms with Crippen LogP contribution in [0, 0.1) is 17.0 Å². The van der Waals surface area contributed by atoms with E-state index in [0.29, 0.717) is 19.8 Å². The van der Waals surface area contributed by atoms with Gasteiger partial charge in [-0.3, -0.25) is 4.79 Å². The van der Waals surface area contributed by atoms with E-state index in [1.165, 1.54) is 11.0 Å². The number of β-lactam (4-membered cyclic amide) rings is 1. The second-order valence-corrected chi connectivity index (χ2v) is 4.68. The molecule has 1 aromatic carbocycles. The van der Waals surface area contributed by atoms with Gasteiger partial charge in [-0.2, -0.15) is 0 Å². The van der Waals surface area contributed by atoms with Crippen molar-refractivity contribution in [2.45, 2.75) is 13.8 Å². The van der Waals surface area contributed by atoms with E-state index in [2.05, 4.69) is 0 Å². The van der Waals surface area contributed by atoms with Crippen LogP contribution in [0.5, 0.6) is 0 Å². The number of benzene rings is 1. The Balaban J connectivity index is 2.12. The average molecular weight is 255 g/mol. The number of rotatable bonds is 4. The average Bonchev–Trinajstić information content (AvgIpc) is 2.34. The molecular weight excluding hydrogens is 240 g/mol. The first kappa shape index (κ1) is 13.0. The van der Waals surface area contributed by atoms with E-state index in [4.69, 9.17) is 4.74 Å². The minimum atomic E-state index is -0.721. The van der Waals surface area contributed by atoms with Crippen molar-refractivity contribution in [1.82, 2.24) is 0 Å². The summed E-state index contributed by atoms with van der Waals surface area (Å²) in [7, 11) is 0. The van der Waals surface area contributed by atoms with E-state index in [0.717, 1.165) is 12.1 Å². The number of hydrogen-bond donors (Lipinski definition) is 0. The van der Waals surface area contributed by atoms with Crippen LogP contribution in [-0.2, 0) is 9.53 Å². The zero-order valence-corrected chi connectivity index (χ0v) is 10.4. The minimum Gasteiger partial charge on any atom is -0.381 e. The first-order valence-electron chi connectivity index (χ1n) is 5.83. The SMILES string of the molecule is CCOCC1(C)CN(c2ccc(F)cc2F)C1=O. The number of ether oxygens (including phenoxy) is 1. The lowest BCUT2D eigenvalue weighted by Gasteiger charge is -2.46. The molecule has 0 aromatic heterocycles. The number of anilines is 1. The molecule has 3 nitrogen and oxygen atoms in total. The predicted octanol–water partition coefficient (Wildman–Crippen LogP) is 2.35. The molecular formula is C13H15F2NO2. The Kier molecular flexibility index (Phi) is 3.34. The number of carbonyl (C=O) groups is 1. The summed E-state index contributed by atoms with van der Waals surface area (Å²) in [5.41, 5.74) is -0.480. The second-order valence-electron chi connectivity index (χ2n) is 4.68. The third kappa shape index (κ3) is 2.10. The van der Waals surface area contributed by atoms with Crippen LogP contribution in [0.25, 0.3) is 0 Å². The van der Waals surface area contributed by atoms with Crippen molar-refractivity contribution in [2.75, 3.05) is 24.7 Å². The molecule has 0 spiro atoms. The summed E-state index contributed by atoms with van der Waals surface area (Å²) in [5.74, 6) is -1.57. The van der Waals surface area contributed by atoms with E-state index >= 15 is 0 Å². The van der Waals surface area contributed by atoms with E-state index in [-0.39, 0.29) is 11.6 Å². The standard InChI is InChI=1S/C13H15F2NO2/c1-3-18-8-13(2)7-16(12(13)17)11-5-4-9(14)6-10(11)15/h4-6H,3,7-8H2,1-2H3. The summed E-state index contributed by atoms with van der Waals surface area (Å²) in [4.78, 5) is 13.3. The third-order valence-corrected chi connectivity index (χ3v) is 3.09. The number of amides is 1. The molecule has 1 atom stereocenters. The minimum absolute atomic E-state index is 0.121. The highest BCUT2D eigenvalue weighted by molar-refractivity contribution is 6.04. The zero-order valence-electron chi connectivity index (χ0n) is 10.4. The van der Waals surface area contributed by atoms with Gasteiger partial charge in [0.25, 0.3) is 0 Å². The van der Waals surface area contributed by atoms with E-state index < -0.39 is 17.0 Å². The van der Waals surface area contributed by atoms with Crippen LogP contribution in [0.2, 0.25) is 0 Å². The van der Waals surface area contributed by atoms with Gasteiger partial charge in [0.15, 0.2) is 0 Å². The molecule has 1 aliphatic rings. The van der Waals surface area contributed by atoms with Crippen LogP contribution in [0.4, 0.5) is 14.5 Å². The summed E-state index contributed by atoms with van der Waals surface area (Å²) in [6, 6.07) is 3.20. The number of halogens is 2. The normalized spacial score (nSPS) is 23.1. The molecule has 1 saturated heterocycles. The molecule has 1 aromatic rings. The summed E-state index contributed by atoms with van der Waals surface area (Å²) in [6.45, 7) is 4.87. The van der Waals surface area contributed by atoms with Crippen molar-refractivity contribution in [3.63, 3.8) is 0 Å². The predicted molar refractivity (Wildman–Crippen MR) is 63.3 cm³/mol. The fourth-order valence-corrected chi connectivity index (χ4v) is 2.05. The van der Waals surface area contributed by atoms with E-state index in [1.54, 1.807) is 6.92 Å². The Hall–Kier alpha value is -1.49. The Morgan fingerprint density at radius 3 is 2.72 bits per heavy atom. The van der Waals surface area contributed by atoms with Gasteiger partial charge in [0.2, 0.25) is 5.91 Å². The molecule has 0 aliphatic carbocycles. The number of nitrogens with zero attached hydrogens (tertiary/aromatic N) is 1. The van der Waals surface area contributed by atoms with Gasteiger partial charge < -0.3 is 9.64 Å².